The lowest BCUT2D eigenvalue weighted by Gasteiger charge is -2.33. The summed E-state index contributed by atoms with van der Waals surface area (Å²) in [6.45, 7) is 0.378. The van der Waals surface area contributed by atoms with Gasteiger partial charge >= 0.3 is 12.6 Å². The van der Waals surface area contributed by atoms with Crippen molar-refractivity contribution in [2.45, 2.75) is 45.8 Å². The molecule has 2 rings (SSSR count). The molecule has 9 heteroatoms. The summed E-state index contributed by atoms with van der Waals surface area (Å²) in [5, 5.41) is 11.7. The average Bonchev–Trinajstić information content (AvgIpc) is 2.56. The van der Waals surface area contributed by atoms with Gasteiger partial charge in [-0.25, -0.2) is 0 Å². The van der Waals surface area contributed by atoms with Gasteiger partial charge in [-0.2, -0.15) is 8.78 Å². The number of carboxylic acid groups (broad SMARTS) is 1. The number of carbonyl (C=O) groups excluding carboxylic acids is 2. The molecule has 148 valence electrons. The Morgan fingerprint density at radius 1 is 1.33 bits per heavy atom. The summed E-state index contributed by atoms with van der Waals surface area (Å²) in [5.41, 5.74) is -0.728. The van der Waals surface area contributed by atoms with Crippen LogP contribution in [-0.2, 0) is 14.4 Å². The summed E-state index contributed by atoms with van der Waals surface area (Å²) in [7, 11) is 0. The minimum Gasteiger partial charge on any atom is -0.481 e. The molecule has 7 nitrogen and oxygen atoms in total. The Morgan fingerprint density at radius 2 is 1.96 bits per heavy atom. The van der Waals surface area contributed by atoms with Crippen LogP contribution in [0, 0.1) is 5.41 Å². The first-order valence-corrected chi connectivity index (χ1v) is 8.49. The lowest BCUT2D eigenvalue weighted by Crippen LogP contribution is -2.53. The van der Waals surface area contributed by atoms with Crippen LogP contribution in [0.1, 0.15) is 33.1 Å². The Morgan fingerprint density at radius 3 is 2.52 bits per heavy atom. The van der Waals surface area contributed by atoms with Gasteiger partial charge in [0.15, 0.2) is 0 Å². The highest BCUT2D eigenvalue weighted by Crippen LogP contribution is 2.25. The van der Waals surface area contributed by atoms with Crippen LogP contribution >= 0.6 is 0 Å². The van der Waals surface area contributed by atoms with Gasteiger partial charge in [-0.1, -0.05) is 0 Å². The van der Waals surface area contributed by atoms with E-state index in [1.54, 1.807) is 0 Å². The summed E-state index contributed by atoms with van der Waals surface area (Å²) in [6.07, 6.45) is 0.835. The molecule has 2 amide bonds. The topological polar surface area (TPSA) is 95.9 Å². The third-order valence-electron chi connectivity index (χ3n) is 4.33. The van der Waals surface area contributed by atoms with E-state index in [2.05, 4.69) is 10.1 Å². The van der Waals surface area contributed by atoms with Crippen molar-refractivity contribution in [1.82, 2.24) is 5.32 Å². The first kappa shape index (κ1) is 20.6. The smallest absolute Gasteiger partial charge is 0.387 e. The Balaban J connectivity index is 2.02. The van der Waals surface area contributed by atoms with E-state index < -0.39 is 29.9 Å². The first-order valence-electron chi connectivity index (χ1n) is 8.49. The standard InChI is InChI=1S/C18H22F2N2O5/c1-18(2,16(25)26)10-14(23)21-13-4-3-9-22(15(13)24)11-5-7-12(8-6-11)27-17(19)20/h5-8,13,17H,3-4,9-10H2,1-2H3,(H,21,23)(H,25,26). The molecule has 1 heterocycles. The number of aliphatic carboxylic acids is 1. The number of hydrogen-bond acceptors (Lipinski definition) is 4. The number of amides is 2. The van der Waals surface area contributed by atoms with E-state index in [0.29, 0.717) is 25.1 Å². The van der Waals surface area contributed by atoms with E-state index in [1.165, 1.54) is 43.0 Å². The van der Waals surface area contributed by atoms with Crippen molar-refractivity contribution >= 4 is 23.5 Å². The summed E-state index contributed by atoms with van der Waals surface area (Å²) in [6, 6.07) is 4.91. The third-order valence-corrected chi connectivity index (χ3v) is 4.33. The SMILES string of the molecule is CC(C)(CC(=O)NC1CCCN(c2ccc(OC(F)F)cc2)C1=O)C(=O)O. The maximum atomic E-state index is 12.7. The highest BCUT2D eigenvalue weighted by molar-refractivity contribution is 6.00. The van der Waals surface area contributed by atoms with Crippen LogP contribution in [0.2, 0.25) is 0 Å². The van der Waals surface area contributed by atoms with Gasteiger partial charge in [0.05, 0.1) is 5.41 Å². The van der Waals surface area contributed by atoms with Crippen LogP contribution in [0.3, 0.4) is 0 Å². The van der Waals surface area contributed by atoms with Gasteiger partial charge in [-0.05, 0) is 51.0 Å². The number of benzene rings is 1. The Labute approximate surface area is 155 Å². The zero-order valence-electron chi connectivity index (χ0n) is 15.1. The zero-order chi connectivity index (χ0) is 20.2. The van der Waals surface area contributed by atoms with Crippen molar-refractivity contribution in [3.05, 3.63) is 24.3 Å². The fraction of sp³-hybridized carbons (Fsp3) is 0.500. The maximum absolute atomic E-state index is 12.7. The van der Waals surface area contributed by atoms with E-state index in [9.17, 15) is 23.2 Å². The summed E-state index contributed by atoms with van der Waals surface area (Å²) >= 11 is 0. The molecule has 27 heavy (non-hydrogen) atoms. The molecule has 0 aromatic heterocycles. The highest BCUT2D eigenvalue weighted by atomic mass is 19.3. The largest absolute Gasteiger partial charge is 0.481 e. The number of nitrogens with zero attached hydrogens (tertiary/aromatic N) is 1. The first-order chi connectivity index (χ1) is 12.6. The minimum absolute atomic E-state index is 0.0148. The second-order valence-corrected chi connectivity index (χ2v) is 6.99. The van der Waals surface area contributed by atoms with E-state index in [-0.39, 0.29) is 18.1 Å². The lowest BCUT2D eigenvalue weighted by atomic mass is 9.89. The Hall–Kier alpha value is -2.71. The highest BCUT2D eigenvalue weighted by Gasteiger charge is 2.34. The maximum Gasteiger partial charge on any atom is 0.387 e. The Kier molecular flexibility index (Phi) is 6.35. The molecule has 0 spiro atoms. The van der Waals surface area contributed by atoms with E-state index >= 15 is 0 Å². The molecule has 1 unspecified atom stereocenters. The average molecular weight is 384 g/mol. The van der Waals surface area contributed by atoms with E-state index in [0.717, 1.165) is 0 Å². The number of carboxylic acids is 1. The number of anilines is 1. The number of nitrogens with one attached hydrogen (secondary N) is 1. The zero-order valence-corrected chi connectivity index (χ0v) is 15.1. The summed E-state index contributed by atoms with van der Waals surface area (Å²) < 4.78 is 28.7. The number of carbonyl (C=O) groups is 3. The molecule has 2 N–H and O–H groups in total. The molecule has 0 radical (unpaired) electrons. The molecule has 1 atom stereocenters. The van der Waals surface area contributed by atoms with Crippen LogP contribution in [0.15, 0.2) is 24.3 Å². The number of piperidine rings is 1. The molecular formula is C18H22F2N2O5. The van der Waals surface area contributed by atoms with Crippen molar-refractivity contribution in [1.29, 1.82) is 0 Å². The van der Waals surface area contributed by atoms with Gasteiger partial charge in [0.25, 0.3) is 0 Å². The lowest BCUT2D eigenvalue weighted by molar-refractivity contribution is -0.149. The van der Waals surface area contributed by atoms with Crippen molar-refractivity contribution < 1.29 is 33.0 Å². The van der Waals surface area contributed by atoms with E-state index in [1.807, 2.05) is 0 Å². The number of hydrogen-bond donors (Lipinski definition) is 2. The molecule has 1 fully saturated rings. The quantitative estimate of drug-likeness (QED) is 0.753. The molecule has 0 aliphatic carbocycles. The molecular weight excluding hydrogens is 362 g/mol. The van der Waals surface area contributed by atoms with Gasteiger partial charge in [0.2, 0.25) is 11.8 Å². The normalized spacial score (nSPS) is 17.7. The molecule has 0 saturated carbocycles. The van der Waals surface area contributed by atoms with Crippen molar-refractivity contribution in [2.24, 2.45) is 5.41 Å². The van der Waals surface area contributed by atoms with Gasteiger partial charge in [0, 0.05) is 18.7 Å². The number of ether oxygens (including phenoxy) is 1. The van der Waals surface area contributed by atoms with Crippen molar-refractivity contribution in [3.8, 4) is 5.75 Å². The van der Waals surface area contributed by atoms with Gasteiger partial charge in [0.1, 0.15) is 11.8 Å². The Bertz CT molecular complexity index is 706. The fourth-order valence-electron chi connectivity index (χ4n) is 2.80. The summed E-state index contributed by atoms with van der Waals surface area (Å²) in [4.78, 5) is 37.4. The van der Waals surface area contributed by atoms with Gasteiger partial charge in [-0.3, -0.25) is 14.4 Å². The third kappa shape index (κ3) is 5.38. The van der Waals surface area contributed by atoms with Crippen molar-refractivity contribution in [3.63, 3.8) is 0 Å². The monoisotopic (exact) mass is 384 g/mol. The predicted octanol–water partition coefficient (Wildman–Crippen LogP) is 2.40. The molecule has 1 aliphatic rings. The number of rotatable bonds is 7. The molecule has 1 aliphatic heterocycles. The van der Waals surface area contributed by atoms with Crippen LogP contribution in [-0.4, -0.2) is 42.1 Å². The fourth-order valence-corrected chi connectivity index (χ4v) is 2.80. The van der Waals surface area contributed by atoms with Gasteiger partial charge < -0.3 is 20.1 Å². The van der Waals surface area contributed by atoms with Crippen molar-refractivity contribution in [2.75, 3.05) is 11.4 Å². The van der Waals surface area contributed by atoms with Crippen LogP contribution in [0.25, 0.3) is 0 Å². The molecule has 1 aromatic carbocycles. The number of alkyl halides is 2. The van der Waals surface area contributed by atoms with E-state index in [4.69, 9.17) is 5.11 Å². The van der Waals surface area contributed by atoms with Crippen LogP contribution in [0.4, 0.5) is 14.5 Å². The predicted molar refractivity (Wildman–Crippen MR) is 92.6 cm³/mol. The molecule has 1 saturated heterocycles. The summed E-state index contributed by atoms with van der Waals surface area (Å²) in [5.74, 6) is -1.95. The van der Waals surface area contributed by atoms with Gasteiger partial charge in [-0.15, -0.1) is 0 Å². The number of halogens is 2. The van der Waals surface area contributed by atoms with Crippen LogP contribution in [0.5, 0.6) is 5.75 Å². The molecule has 0 bridgehead atoms. The second-order valence-electron chi connectivity index (χ2n) is 6.99. The minimum atomic E-state index is -2.93. The molecule has 1 aromatic rings. The second kappa shape index (κ2) is 8.32. The van der Waals surface area contributed by atoms with Crippen LogP contribution < -0.4 is 15.0 Å².